The number of benzene rings is 2. The van der Waals surface area contributed by atoms with Crippen molar-refractivity contribution < 1.29 is 27.8 Å². The molecular formula is C14H8ClF3O3. The summed E-state index contributed by atoms with van der Waals surface area (Å²) in [5, 5.41) is 8.72. The summed E-state index contributed by atoms with van der Waals surface area (Å²) in [6.45, 7) is -0.292. The maximum absolute atomic E-state index is 13.6. The van der Waals surface area contributed by atoms with E-state index < -0.39 is 34.7 Å². The second-order valence-corrected chi connectivity index (χ2v) is 4.51. The number of halogens is 4. The van der Waals surface area contributed by atoms with Crippen LogP contribution in [0, 0.1) is 17.5 Å². The molecule has 3 nitrogen and oxygen atoms in total. The second-order valence-electron chi connectivity index (χ2n) is 4.10. The lowest BCUT2D eigenvalue weighted by Crippen LogP contribution is -2.04. The molecule has 2 rings (SSSR count). The molecule has 0 fully saturated rings. The summed E-state index contributed by atoms with van der Waals surface area (Å²) in [6, 6.07) is 4.78. The van der Waals surface area contributed by atoms with E-state index >= 15 is 0 Å². The van der Waals surface area contributed by atoms with Crippen LogP contribution in [0.1, 0.15) is 15.9 Å². The Hall–Kier alpha value is -2.21. The van der Waals surface area contributed by atoms with Gasteiger partial charge in [-0.15, -0.1) is 0 Å². The zero-order valence-electron chi connectivity index (χ0n) is 10.4. The molecule has 0 radical (unpaired) electrons. The van der Waals surface area contributed by atoms with Gasteiger partial charge in [0.1, 0.15) is 12.4 Å². The Morgan fingerprint density at radius 1 is 1.14 bits per heavy atom. The molecule has 21 heavy (non-hydrogen) atoms. The van der Waals surface area contributed by atoms with Crippen molar-refractivity contribution in [3.05, 3.63) is 63.9 Å². The van der Waals surface area contributed by atoms with Gasteiger partial charge in [0.05, 0.1) is 10.6 Å². The number of carboxylic acids is 1. The Balaban J connectivity index is 2.22. The van der Waals surface area contributed by atoms with Gasteiger partial charge >= 0.3 is 5.97 Å². The lowest BCUT2D eigenvalue weighted by Gasteiger charge is -2.10. The maximum atomic E-state index is 13.6. The molecule has 0 amide bonds. The Kier molecular flexibility index (Phi) is 4.37. The van der Waals surface area contributed by atoms with Crippen LogP contribution in [-0.4, -0.2) is 11.1 Å². The van der Waals surface area contributed by atoms with Crippen molar-refractivity contribution in [1.82, 2.24) is 0 Å². The van der Waals surface area contributed by atoms with Crippen LogP contribution in [0.25, 0.3) is 0 Å². The van der Waals surface area contributed by atoms with Crippen molar-refractivity contribution in [2.24, 2.45) is 0 Å². The Bertz CT molecular complexity index is 681. The normalized spacial score (nSPS) is 10.5. The van der Waals surface area contributed by atoms with Gasteiger partial charge in [-0.2, -0.15) is 0 Å². The lowest BCUT2D eigenvalue weighted by atomic mass is 10.2. The van der Waals surface area contributed by atoms with E-state index in [1.807, 2.05) is 0 Å². The molecule has 1 N–H and O–H groups in total. The molecule has 0 aliphatic rings. The van der Waals surface area contributed by atoms with Crippen molar-refractivity contribution in [2.45, 2.75) is 6.61 Å². The van der Waals surface area contributed by atoms with Gasteiger partial charge in [0, 0.05) is 5.56 Å². The molecule has 0 aliphatic heterocycles. The highest BCUT2D eigenvalue weighted by molar-refractivity contribution is 6.31. The first-order valence-corrected chi connectivity index (χ1v) is 6.05. The number of hydrogen-bond acceptors (Lipinski definition) is 2. The number of aromatic carboxylic acids is 1. The minimum atomic E-state index is -1.46. The van der Waals surface area contributed by atoms with Crippen LogP contribution < -0.4 is 4.74 Å². The fraction of sp³-hybridized carbons (Fsp3) is 0.0714. The van der Waals surface area contributed by atoms with Gasteiger partial charge in [0.15, 0.2) is 17.4 Å². The molecule has 0 aromatic heterocycles. The minimum Gasteiger partial charge on any atom is -0.483 e. The van der Waals surface area contributed by atoms with Gasteiger partial charge in [-0.25, -0.2) is 18.0 Å². The van der Waals surface area contributed by atoms with Gasteiger partial charge in [-0.05, 0) is 24.3 Å². The third-order valence-corrected chi connectivity index (χ3v) is 2.98. The number of ether oxygens (including phenoxy) is 1. The fourth-order valence-corrected chi connectivity index (χ4v) is 1.83. The highest BCUT2D eigenvalue weighted by Crippen LogP contribution is 2.26. The van der Waals surface area contributed by atoms with E-state index in [0.29, 0.717) is 17.7 Å². The lowest BCUT2D eigenvalue weighted by molar-refractivity contribution is 0.0695. The van der Waals surface area contributed by atoms with Crippen LogP contribution in [-0.2, 0) is 6.61 Å². The summed E-state index contributed by atoms with van der Waals surface area (Å²) in [4.78, 5) is 10.6. The van der Waals surface area contributed by atoms with Gasteiger partial charge in [0.25, 0.3) is 0 Å². The predicted octanol–water partition coefficient (Wildman–Crippen LogP) is 4.03. The summed E-state index contributed by atoms with van der Waals surface area (Å²) in [7, 11) is 0. The first kappa shape index (κ1) is 15.2. The number of rotatable bonds is 4. The highest BCUT2D eigenvalue weighted by atomic mass is 35.5. The van der Waals surface area contributed by atoms with Crippen molar-refractivity contribution in [1.29, 1.82) is 0 Å². The molecule has 2 aromatic carbocycles. The SMILES string of the molecule is O=C(O)c1cc(F)c(OCc2ccc(F)cc2Cl)c(F)c1. The number of carbonyl (C=O) groups is 1. The van der Waals surface area contributed by atoms with Gasteiger partial charge in [-0.3, -0.25) is 0 Å². The van der Waals surface area contributed by atoms with Crippen molar-refractivity contribution in [3.8, 4) is 5.75 Å². The zero-order valence-corrected chi connectivity index (χ0v) is 11.1. The fourth-order valence-electron chi connectivity index (χ4n) is 1.61. The standard InChI is InChI=1S/C14H8ClF3O3/c15-10-5-9(16)2-1-7(10)6-21-13-11(17)3-8(14(19)20)4-12(13)18/h1-5H,6H2,(H,19,20). The molecule has 7 heteroatoms. The molecule has 0 saturated heterocycles. The Morgan fingerprint density at radius 2 is 1.76 bits per heavy atom. The van der Waals surface area contributed by atoms with E-state index in [4.69, 9.17) is 21.4 Å². The average molecular weight is 317 g/mol. The number of hydrogen-bond donors (Lipinski definition) is 1. The molecule has 0 atom stereocenters. The molecule has 2 aromatic rings. The van der Waals surface area contributed by atoms with Crippen molar-refractivity contribution >= 4 is 17.6 Å². The molecule has 0 bridgehead atoms. The van der Waals surface area contributed by atoms with Crippen LogP contribution in [0.3, 0.4) is 0 Å². The molecule has 0 spiro atoms. The maximum Gasteiger partial charge on any atom is 0.335 e. The van der Waals surface area contributed by atoms with Gasteiger partial charge in [-0.1, -0.05) is 17.7 Å². The van der Waals surface area contributed by atoms with E-state index in [1.165, 1.54) is 6.07 Å². The first-order valence-electron chi connectivity index (χ1n) is 5.67. The molecule has 0 heterocycles. The first-order chi connectivity index (χ1) is 9.88. The molecule has 0 saturated carbocycles. The molecule has 0 unspecified atom stereocenters. The van der Waals surface area contributed by atoms with E-state index in [2.05, 4.69) is 0 Å². The monoisotopic (exact) mass is 316 g/mol. The second kappa shape index (κ2) is 6.05. The van der Waals surface area contributed by atoms with Crippen LogP contribution in [0.2, 0.25) is 5.02 Å². The summed E-state index contributed by atoms with van der Waals surface area (Å²) in [5.41, 5.74) is -0.198. The average Bonchev–Trinajstić information content (AvgIpc) is 2.39. The Morgan fingerprint density at radius 3 is 2.29 bits per heavy atom. The molecule has 0 aliphatic carbocycles. The van der Waals surface area contributed by atoms with E-state index in [9.17, 15) is 18.0 Å². The molecular weight excluding hydrogens is 309 g/mol. The highest BCUT2D eigenvalue weighted by Gasteiger charge is 2.16. The Labute approximate surface area is 122 Å². The van der Waals surface area contributed by atoms with Crippen molar-refractivity contribution in [2.75, 3.05) is 0 Å². The van der Waals surface area contributed by atoms with Crippen LogP contribution >= 0.6 is 11.6 Å². The van der Waals surface area contributed by atoms with E-state index in [-0.39, 0.29) is 11.6 Å². The zero-order chi connectivity index (χ0) is 15.6. The quantitative estimate of drug-likeness (QED) is 0.926. The van der Waals surface area contributed by atoms with Crippen LogP contribution in [0.5, 0.6) is 5.75 Å². The van der Waals surface area contributed by atoms with Crippen molar-refractivity contribution in [3.63, 3.8) is 0 Å². The summed E-state index contributed by atoms with van der Waals surface area (Å²) in [5.74, 6) is -5.02. The predicted molar refractivity (Wildman–Crippen MR) is 69.1 cm³/mol. The number of carboxylic acid groups (broad SMARTS) is 1. The van der Waals surface area contributed by atoms with E-state index in [1.54, 1.807) is 0 Å². The van der Waals surface area contributed by atoms with Gasteiger partial charge < -0.3 is 9.84 Å². The summed E-state index contributed by atoms with van der Waals surface area (Å²) < 4.78 is 45.1. The minimum absolute atomic E-state index is 0.0537. The van der Waals surface area contributed by atoms with E-state index in [0.717, 1.165) is 12.1 Å². The summed E-state index contributed by atoms with van der Waals surface area (Å²) in [6.07, 6.45) is 0. The largest absolute Gasteiger partial charge is 0.483 e. The summed E-state index contributed by atoms with van der Waals surface area (Å²) >= 11 is 5.76. The third kappa shape index (κ3) is 3.46. The topological polar surface area (TPSA) is 46.5 Å². The molecule has 110 valence electrons. The third-order valence-electron chi connectivity index (χ3n) is 2.63. The van der Waals surface area contributed by atoms with Crippen LogP contribution in [0.15, 0.2) is 30.3 Å². The van der Waals surface area contributed by atoms with Gasteiger partial charge in [0.2, 0.25) is 0 Å². The van der Waals surface area contributed by atoms with Crippen LogP contribution in [0.4, 0.5) is 13.2 Å². The smallest absolute Gasteiger partial charge is 0.335 e.